The summed E-state index contributed by atoms with van der Waals surface area (Å²) < 4.78 is 0. The van der Waals surface area contributed by atoms with Crippen molar-refractivity contribution >= 4 is 10.9 Å². The third kappa shape index (κ3) is 1.59. The molecule has 0 atom stereocenters. The highest BCUT2D eigenvalue weighted by Crippen LogP contribution is 2.23. The van der Waals surface area contributed by atoms with Gasteiger partial charge in [0.1, 0.15) is 0 Å². The molecule has 1 N–H and O–H groups in total. The minimum Gasteiger partial charge on any atom is -0.358 e. The second-order valence-electron chi connectivity index (χ2n) is 5.22. The van der Waals surface area contributed by atoms with Gasteiger partial charge >= 0.3 is 0 Å². The van der Waals surface area contributed by atoms with Crippen LogP contribution >= 0.6 is 0 Å². The summed E-state index contributed by atoms with van der Waals surface area (Å²) in [6, 6.07) is 6.21. The lowest BCUT2D eigenvalue weighted by atomic mass is 10.00. The number of aromatic amines is 1. The molecule has 17 heavy (non-hydrogen) atoms. The highest BCUT2D eigenvalue weighted by Gasteiger charge is 2.17. The van der Waals surface area contributed by atoms with Gasteiger partial charge in [-0.1, -0.05) is 19.9 Å². The molecule has 0 spiro atoms. The molecular weight excluding hydrogens is 210 g/mol. The van der Waals surface area contributed by atoms with Crippen molar-refractivity contribution in [3.05, 3.63) is 45.2 Å². The molecule has 3 rings (SSSR count). The number of fused-ring (bicyclic) bond motifs is 2. The number of hydrogen-bond acceptors (Lipinski definition) is 1. The molecule has 88 valence electrons. The van der Waals surface area contributed by atoms with Gasteiger partial charge in [-0.3, -0.25) is 4.79 Å². The van der Waals surface area contributed by atoms with E-state index in [1.54, 1.807) is 0 Å². The standard InChI is InChI=1S/C15H17NO/c1-9(2)10-6-7-14-12(8-10)15(17)11-4-3-5-13(11)16-14/h6-9H,3-5H2,1-2H3,(H,16,17). The minimum absolute atomic E-state index is 0.244. The van der Waals surface area contributed by atoms with Crippen LogP contribution in [0, 0.1) is 0 Å². The SMILES string of the molecule is CC(C)c1ccc2[nH]c3c(c(=O)c2c1)CCC3. The van der Waals surface area contributed by atoms with Gasteiger partial charge < -0.3 is 4.98 Å². The van der Waals surface area contributed by atoms with E-state index in [9.17, 15) is 4.79 Å². The fourth-order valence-corrected chi connectivity index (χ4v) is 2.68. The molecular formula is C15H17NO. The van der Waals surface area contributed by atoms with Crippen LogP contribution in [0.15, 0.2) is 23.0 Å². The third-order valence-electron chi connectivity index (χ3n) is 3.73. The number of hydrogen-bond donors (Lipinski definition) is 1. The van der Waals surface area contributed by atoms with E-state index in [1.807, 2.05) is 6.07 Å². The van der Waals surface area contributed by atoms with Crippen molar-refractivity contribution in [1.29, 1.82) is 0 Å². The van der Waals surface area contributed by atoms with Crippen LogP contribution < -0.4 is 5.43 Å². The Bertz CT molecular complexity index is 637. The smallest absolute Gasteiger partial charge is 0.192 e. The van der Waals surface area contributed by atoms with E-state index >= 15 is 0 Å². The van der Waals surface area contributed by atoms with Gasteiger partial charge in [-0.05, 0) is 42.9 Å². The van der Waals surface area contributed by atoms with Crippen molar-refractivity contribution in [2.24, 2.45) is 0 Å². The van der Waals surface area contributed by atoms with E-state index in [1.165, 1.54) is 5.56 Å². The zero-order chi connectivity index (χ0) is 12.0. The summed E-state index contributed by atoms with van der Waals surface area (Å²) >= 11 is 0. The molecule has 1 aliphatic rings. The summed E-state index contributed by atoms with van der Waals surface area (Å²) in [7, 11) is 0. The summed E-state index contributed by atoms with van der Waals surface area (Å²) in [4.78, 5) is 15.8. The minimum atomic E-state index is 0.244. The van der Waals surface area contributed by atoms with Gasteiger partial charge in [0.05, 0.1) is 0 Å². The van der Waals surface area contributed by atoms with E-state index in [-0.39, 0.29) is 5.43 Å². The zero-order valence-electron chi connectivity index (χ0n) is 10.3. The Morgan fingerprint density at radius 1 is 1.24 bits per heavy atom. The quantitative estimate of drug-likeness (QED) is 0.797. The van der Waals surface area contributed by atoms with Gasteiger partial charge in [0.25, 0.3) is 0 Å². The van der Waals surface area contributed by atoms with E-state index in [0.717, 1.165) is 41.4 Å². The fourth-order valence-electron chi connectivity index (χ4n) is 2.68. The number of pyridine rings is 1. The lowest BCUT2D eigenvalue weighted by molar-refractivity contribution is 0.868. The van der Waals surface area contributed by atoms with Gasteiger partial charge in [0.15, 0.2) is 5.43 Å². The maximum atomic E-state index is 12.4. The molecule has 0 bridgehead atoms. The number of H-pyrrole nitrogens is 1. The van der Waals surface area contributed by atoms with Gasteiger partial charge in [0, 0.05) is 22.2 Å². The second-order valence-corrected chi connectivity index (χ2v) is 5.22. The Morgan fingerprint density at radius 3 is 2.82 bits per heavy atom. The molecule has 1 aromatic carbocycles. The van der Waals surface area contributed by atoms with E-state index < -0.39 is 0 Å². The lowest BCUT2D eigenvalue weighted by Crippen LogP contribution is -2.11. The molecule has 2 heteroatoms. The molecule has 1 heterocycles. The molecule has 0 amide bonds. The van der Waals surface area contributed by atoms with Crippen molar-refractivity contribution < 1.29 is 0 Å². The van der Waals surface area contributed by atoms with Gasteiger partial charge in [-0.25, -0.2) is 0 Å². The van der Waals surface area contributed by atoms with Crippen LogP contribution in [0.3, 0.4) is 0 Å². The predicted molar refractivity (Wildman–Crippen MR) is 70.7 cm³/mol. The highest BCUT2D eigenvalue weighted by atomic mass is 16.1. The summed E-state index contributed by atoms with van der Waals surface area (Å²) in [5, 5.41) is 0.858. The first-order valence-corrected chi connectivity index (χ1v) is 6.34. The summed E-state index contributed by atoms with van der Waals surface area (Å²) in [5.74, 6) is 0.465. The molecule has 1 aromatic heterocycles. The highest BCUT2D eigenvalue weighted by molar-refractivity contribution is 5.80. The Morgan fingerprint density at radius 2 is 2.06 bits per heavy atom. The van der Waals surface area contributed by atoms with Gasteiger partial charge in [-0.2, -0.15) is 0 Å². The average molecular weight is 227 g/mol. The van der Waals surface area contributed by atoms with Crippen LogP contribution in [0.4, 0.5) is 0 Å². The Hall–Kier alpha value is -1.57. The number of aromatic nitrogens is 1. The van der Waals surface area contributed by atoms with E-state index in [4.69, 9.17) is 0 Å². The van der Waals surface area contributed by atoms with Crippen LogP contribution in [0.5, 0.6) is 0 Å². The Balaban J connectivity index is 2.33. The fraction of sp³-hybridized carbons (Fsp3) is 0.400. The summed E-state index contributed by atoms with van der Waals surface area (Å²) in [5.41, 5.74) is 4.63. The first-order chi connectivity index (χ1) is 8.16. The molecule has 0 aliphatic heterocycles. The number of rotatable bonds is 1. The average Bonchev–Trinajstić information content (AvgIpc) is 2.77. The Labute approximate surface area is 101 Å². The number of nitrogens with one attached hydrogen (secondary N) is 1. The van der Waals surface area contributed by atoms with Gasteiger partial charge in [0.2, 0.25) is 0 Å². The molecule has 0 saturated carbocycles. The number of aryl methyl sites for hydroxylation is 1. The molecule has 0 fully saturated rings. The van der Waals surface area contributed by atoms with Crippen LogP contribution in [-0.4, -0.2) is 4.98 Å². The largest absolute Gasteiger partial charge is 0.358 e. The normalized spacial score (nSPS) is 14.5. The third-order valence-corrected chi connectivity index (χ3v) is 3.73. The molecule has 2 aromatic rings. The molecule has 0 unspecified atom stereocenters. The van der Waals surface area contributed by atoms with Crippen molar-refractivity contribution in [1.82, 2.24) is 4.98 Å². The van der Waals surface area contributed by atoms with E-state index in [0.29, 0.717) is 5.92 Å². The van der Waals surface area contributed by atoms with Crippen LogP contribution in [-0.2, 0) is 12.8 Å². The monoisotopic (exact) mass is 227 g/mol. The van der Waals surface area contributed by atoms with Crippen molar-refractivity contribution in [2.75, 3.05) is 0 Å². The van der Waals surface area contributed by atoms with Crippen molar-refractivity contribution in [3.8, 4) is 0 Å². The van der Waals surface area contributed by atoms with Crippen molar-refractivity contribution in [2.45, 2.75) is 39.0 Å². The number of benzene rings is 1. The van der Waals surface area contributed by atoms with Crippen LogP contribution in [0.2, 0.25) is 0 Å². The maximum absolute atomic E-state index is 12.4. The Kier molecular flexibility index (Phi) is 2.32. The first-order valence-electron chi connectivity index (χ1n) is 6.34. The molecule has 1 aliphatic carbocycles. The van der Waals surface area contributed by atoms with Crippen LogP contribution in [0.25, 0.3) is 10.9 Å². The first kappa shape index (κ1) is 10.6. The summed E-state index contributed by atoms with van der Waals surface area (Å²) in [6.45, 7) is 4.31. The predicted octanol–water partition coefficient (Wildman–Crippen LogP) is 3.14. The topological polar surface area (TPSA) is 32.9 Å². The lowest BCUT2D eigenvalue weighted by Gasteiger charge is -2.08. The molecule has 0 radical (unpaired) electrons. The van der Waals surface area contributed by atoms with Gasteiger partial charge in [-0.15, -0.1) is 0 Å². The second kappa shape index (κ2) is 3.73. The maximum Gasteiger partial charge on any atom is 0.192 e. The van der Waals surface area contributed by atoms with Crippen LogP contribution in [0.1, 0.15) is 43.0 Å². The molecule has 2 nitrogen and oxygen atoms in total. The molecule has 0 saturated heterocycles. The van der Waals surface area contributed by atoms with E-state index in [2.05, 4.69) is 31.0 Å². The summed E-state index contributed by atoms with van der Waals surface area (Å²) in [6.07, 6.45) is 3.06. The zero-order valence-corrected chi connectivity index (χ0v) is 10.3. The van der Waals surface area contributed by atoms with Crippen molar-refractivity contribution in [3.63, 3.8) is 0 Å².